The maximum atomic E-state index is 12.6. The van der Waals surface area contributed by atoms with Crippen LogP contribution in [-0.4, -0.2) is 22.4 Å². The van der Waals surface area contributed by atoms with Gasteiger partial charge in [-0.1, -0.05) is 18.2 Å². The summed E-state index contributed by atoms with van der Waals surface area (Å²) in [6, 6.07) is 8.18. The van der Waals surface area contributed by atoms with E-state index in [4.69, 9.17) is 11.6 Å². The molecule has 20 heavy (non-hydrogen) atoms. The molecule has 0 saturated heterocycles. The van der Waals surface area contributed by atoms with Crippen molar-refractivity contribution in [1.29, 1.82) is 0 Å². The summed E-state index contributed by atoms with van der Waals surface area (Å²) in [6.45, 7) is 0. The highest BCUT2D eigenvalue weighted by molar-refractivity contribution is 14.1. The lowest BCUT2D eigenvalue weighted by molar-refractivity contribution is 0.588. The smallest absolute Gasteiger partial charge is 0.226 e. The molecule has 0 aliphatic carbocycles. The largest absolute Gasteiger partial charge is 0.269 e. The molecule has 0 aliphatic heterocycles. The van der Waals surface area contributed by atoms with Gasteiger partial charge in [-0.2, -0.15) is 4.98 Å². The average molecular weight is 420 g/mol. The first-order valence-electron chi connectivity index (χ1n) is 5.50. The molecule has 0 spiro atoms. The molecule has 0 aliphatic rings. The molecule has 0 radical (unpaired) electrons. The first-order chi connectivity index (χ1) is 9.50. The molecule has 3 aromatic rings. The zero-order chi connectivity index (χ0) is 14.3. The van der Waals surface area contributed by atoms with Crippen molar-refractivity contribution in [2.45, 2.75) is 4.90 Å². The molecular formula is C12H7ClIN3O2S. The Balaban J connectivity index is 2.33. The standard InChI is InChI=1S/C12H7ClIN3O2S/c13-12-15-6-9-10(14)7-17(11(9)16-12)20(18,19)8-4-2-1-3-5-8/h1-7H. The highest BCUT2D eigenvalue weighted by atomic mass is 127. The fraction of sp³-hybridized carbons (Fsp3) is 0. The zero-order valence-corrected chi connectivity index (χ0v) is 13.6. The number of benzene rings is 1. The van der Waals surface area contributed by atoms with Crippen molar-refractivity contribution in [1.82, 2.24) is 13.9 Å². The summed E-state index contributed by atoms with van der Waals surface area (Å²) >= 11 is 7.80. The number of fused-ring (bicyclic) bond motifs is 1. The average Bonchev–Trinajstić information content (AvgIpc) is 2.77. The minimum absolute atomic E-state index is 0.0107. The second-order valence-corrected chi connectivity index (χ2v) is 7.28. The van der Waals surface area contributed by atoms with Gasteiger partial charge in [0.05, 0.1) is 10.3 Å². The summed E-state index contributed by atoms with van der Waals surface area (Å²) in [6.07, 6.45) is 3.03. The zero-order valence-electron chi connectivity index (χ0n) is 9.86. The highest BCUT2D eigenvalue weighted by Crippen LogP contribution is 2.25. The van der Waals surface area contributed by atoms with Gasteiger partial charge < -0.3 is 0 Å². The van der Waals surface area contributed by atoms with Gasteiger partial charge in [-0.25, -0.2) is 17.4 Å². The van der Waals surface area contributed by atoms with Crippen molar-refractivity contribution in [2.24, 2.45) is 0 Å². The van der Waals surface area contributed by atoms with Crippen LogP contribution in [0.15, 0.2) is 47.6 Å². The van der Waals surface area contributed by atoms with Gasteiger partial charge in [-0.15, -0.1) is 0 Å². The summed E-state index contributed by atoms with van der Waals surface area (Å²) < 4.78 is 27.1. The van der Waals surface area contributed by atoms with E-state index in [2.05, 4.69) is 9.97 Å². The molecule has 0 saturated carbocycles. The Morgan fingerprint density at radius 3 is 2.60 bits per heavy atom. The summed E-state index contributed by atoms with van der Waals surface area (Å²) in [7, 11) is -3.70. The predicted octanol–water partition coefficient (Wildman–Crippen LogP) is 2.93. The third-order valence-corrected chi connectivity index (χ3v) is 5.44. The van der Waals surface area contributed by atoms with E-state index in [1.54, 1.807) is 18.2 Å². The number of rotatable bonds is 2. The van der Waals surface area contributed by atoms with Crippen LogP contribution in [0.5, 0.6) is 0 Å². The van der Waals surface area contributed by atoms with Gasteiger partial charge in [0.15, 0.2) is 5.65 Å². The van der Waals surface area contributed by atoms with E-state index in [1.165, 1.54) is 24.5 Å². The monoisotopic (exact) mass is 419 g/mol. The van der Waals surface area contributed by atoms with Crippen molar-refractivity contribution >= 4 is 55.2 Å². The Labute approximate surface area is 133 Å². The first-order valence-corrected chi connectivity index (χ1v) is 8.39. The molecule has 0 N–H and O–H groups in total. The van der Waals surface area contributed by atoms with Crippen molar-refractivity contribution in [3.05, 3.63) is 51.6 Å². The van der Waals surface area contributed by atoms with Gasteiger partial charge >= 0.3 is 0 Å². The van der Waals surface area contributed by atoms with Crippen LogP contribution in [0.4, 0.5) is 0 Å². The maximum Gasteiger partial charge on any atom is 0.269 e. The topological polar surface area (TPSA) is 64.8 Å². The van der Waals surface area contributed by atoms with Crippen LogP contribution in [0.2, 0.25) is 5.28 Å². The van der Waals surface area contributed by atoms with E-state index < -0.39 is 10.0 Å². The molecular weight excluding hydrogens is 413 g/mol. The number of hydrogen-bond donors (Lipinski definition) is 0. The van der Waals surface area contributed by atoms with Gasteiger partial charge in [0.1, 0.15) is 0 Å². The first kappa shape index (κ1) is 13.8. The van der Waals surface area contributed by atoms with Gasteiger partial charge in [-0.3, -0.25) is 0 Å². The second kappa shape index (κ2) is 4.97. The SMILES string of the molecule is O=S(=O)(c1ccccc1)n1cc(I)c2cnc(Cl)nc21. The van der Waals surface area contributed by atoms with Crippen LogP contribution in [0.1, 0.15) is 0 Å². The quantitative estimate of drug-likeness (QED) is 0.473. The predicted molar refractivity (Wildman–Crippen MR) is 84.3 cm³/mol. The molecule has 0 fully saturated rings. The molecule has 1 aromatic carbocycles. The van der Waals surface area contributed by atoms with Crippen LogP contribution in [0.25, 0.3) is 11.0 Å². The van der Waals surface area contributed by atoms with Crippen LogP contribution < -0.4 is 0 Å². The van der Waals surface area contributed by atoms with Crippen molar-refractivity contribution in [3.63, 3.8) is 0 Å². The van der Waals surface area contributed by atoms with Gasteiger partial charge in [0.25, 0.3) is 10.0 Å². The molecule has 0 unspecified atom stereocenters. The summed E-state index contributed by atoms with van der Waals surface area (Å²) in [5.41, 5.74) is 0.276. The third-order valence-electron chi connectivity index (χ3n) is 2.74. The van der Waals surface area contributed by atoms with Crippen LogP contribution >= 0.6 is 34.2 Å². The van der Waals surface area contributed by atoms with E-state index in [1.807, 2.05) is 22.6 Å². The lowest BCUT2D eigenvalue weighted by Gasteiger charge is -2.06. The molecule has 2 aromatic heterocycles. The fourth-order valence-corrected chi connectivity index (χ4v) is 4.13. The normalized spacial score (nSPS) is 11.9. The molecule has 0 bridgehead atoms. The fourth-order valence-electron chi connectivity index (χ4n) is 1.81. The molecule has 2 heterocycles. The Morgan fingerprint density at radius 1 is 1.20 bits per heavy atom. The van der Waals surface area contributed by atoms with E-state index in [0.717, 1.165) is 7.54 Å². The maximum absolute atomic E-state index is 12.6. The Bertz CT molecular complexity index is 894. The third kappa shape index (κ3) is 2.19. The summed E-state index contributed by atoms with van der Waals surface area (Å²) in [4.78, 5) is 8.10. The second-order valence-electron chi connectivity index (χ2n) is 3.97. The van der Waals surface area contributed by atoms with Crippen LogP contribution in [0, 0.1) is 3.57 Å². The minimum Gasteiger partial charge on any atom is -0.226 e. The van der Waals surface area contributed by atoms with Crippen molar-refractivity contribution in [2.75, 3.05) is 0 Å². The number of halogens is 2. The number of aromatic nitrogens is 3. The van der Waals surface area contributed by atoms with Crippen molar-refractivity contribution < 1.29 is 8.42 Å². The van der Waals surface area contributed by atoms with E-state index >= 15 is 0 Å². The van der Waals surface area contributed by atoms with Gasteiger partial charge in [-0.05, 0) is 46.3 Å². The van der Waals surface area contributed by atoms with E-state index in [-0.39, 0.29) is 15.8 Å². The lowest BCUT2D eigenvalue weighted by Crippen LogP contribution is -2.12. The Kier molecular flexibility index (Phi) is 3.43. The van der Waals surface area contributed by atoms with E-state index in [0.29, 0.717) is 5.39 Å². The van der Waals surface area contributed by atoms with E-state index in [9.17, 15) is 8.42 Å². The molecule has 0 amide bonds. The lowest BCUT2D eigenvalue weighted by atomic mass is 10.4. The highest BCUT2D eigenvalue weighted by Gasteiger charge is 2.21. The van der Waals surface area contributed by atoms with Crippen molar-refractivity contribution in [3.8, 4) is 0 Å². The molecule has 5 nitrogen and oxygen atoms in total. The molecule has 8 heteroatoms. The molecule has 3 rings (SSSR count). The molecule has 0 atom stereocenters. The Morgan fingerprint density at radius 2 is 1.90 bits per heavy atom. The van der Waals surface area contributed by atoms with Crippen LogP contribution in [0.3, 0.4) is 0 Å². The summed E-state index contributed by atoms with van der Waals surface area (Å²) in [5, 5.41) is 0.658. The Hall–Kier alpha value is -1.19. The van der Waals surface area contributed by atoms with Gasteiger partial charge in [0, 0.05) is 16.0 Å². The van der Waals surface area contributed by atoms with Gasteiger partial charge in [0.2, 0.25) is 5.28 Å². The number of nitrogens with zero attached hydrogens (tertiary/aromatic N) is 3. The minimum atomic E-state index is -3.70. The number of hydrogen-bond acceptors (Lipinski definition) is 4. The molecule has 102 valence electrons. The van der Waals surface area contributed by atoms with Crippen LogP contribution in [-0.2, 0) is 10.0 Å². The summed E-state index contributed by atoms with van der Waals surface area (Å²) in [5.74, 6) is 0.